The van der Waals surface area contributed by atoms with Gasteiger partial charge in [-0.25, -0.2) is 4.42 Å². The number of rotatable bonds is 4. The van der Waals surface area contributed by atoms with E-state index in [0.717, 1.165) is 24.3 Å². The van der Waals surface area contributed by atoms with Gasteiger partial charge in [-0.2, -0.15) is 0 Å². The van der Waals surface area contributed by atoms with Crippen LogP contribution < -0.4 is 4.74 Å². The lowest BCUT2D eigenvalue weighted by Crippen LogP contribution is -2.60. The van der Waals surface area contributed by atoms with Gasteiger partial charge in [0, 0.05) is 24.3 Å². The number of fused-ring (bicyclic) bond motifs is 1. The minimum Gasteiger partial charge on any atom is -0.507 e. The Bertz CT molecular complexity index is 1170. The normalized spacial score (nSPS) is 25.3. The molecule has 2 aromatic carbocycles. The van der Waals surface area contributed by atoms with Crippen molar-refractivity contribution in [3.05, 3.63) is 30.3 Å². The van der Waals surface area contributed by atoms with Gasteiger partial charge >= 0.3 is 11.3 Å². The molecule has 2 heterocycles. The summed E-state index contributed by atoms with van der Waals surface area (Å²) < 4.78 is 16.4. The second kappa shape index (κ2) is 8.42. The molecular formula is C21H21O12+. The molecule has 3 aromatic rings. The van der Waals surface area contributed by atoms with Crippen molar-refractivity contribution < 1.29 is 59.8 Å². The van der Waals surface area contributed by atoms with Crippen molar-refractivity contribution in [1.82, 2.24) is 0 Å². The minimum absolute atomic E-state index is 0.00180. The van der Waals surface area contributed by atoms with E-state index in [0.29, 0.717) is 0 Å². The largest absolute Gasteiger partial charge is 0.507 e. The van der Waals surface area contributed by atoms with Crippen LogP contribution in [0.15, 0.2) is 34.7 Å². The lowest BCUT2D eigenvalue weighted by Gasteiger charge is -2.39. The SMILES string of the molecule is OCC1OC(Oc2cc(O)c3cc(O)c(-c4cc(O)c(O)c(O)c4)[o+]c3c2)C(O)C(O)C1O. The fraction of sp³-hybridized carbons (Fsp3) is 0.286. The molecule has 0 bridgehead atoms. The third-order valence-corrected chi connectivity index (χ3v) is 5.25. The number of benzene rings is 2. The highest BCUT2D eigenvalue weighted by Gasteiger charge is 2.45. The Morgan fingerprint density at radius 2 is 1.45 bits per heavy atom. The molecule has 9 N–H and O–H groups in total. The van der Waals surface area contributed by atoms with Crippen LogP contribution in [-0.2, 0) is 4.74 Å². The fourth-order valence-electron chi connectivity index (χ4n) is 3.49. The van der Waals surface area contributed by atoms with Gasteiger partial charge in [-0.1, -0.05) is 0 Å². The summed E-state index contributed by atoms with van der Waals surface area (Å²) >= 11 is 0. The number of phenols is 4. The van der Waals surface area contributed by atoms with Crippen LogP contribution in [0.25, 0.3) is 22.3 Å². The van der Waals surface area contributed by atoms with E-state index in [9.17, 15) is 46.0 Å². The van der Waals surface area contributed by atoms with Gasteiger partial charge in [-0.15, -0.1) is 0 Å². The molecule has 12 heteroatoms. The van der Waals surface area contributed by atoms with E-state index in [4.69, 9.17) is 13.9 Å². The van der Waals surface area contributed by atoms with Gasteiger partial charge in [0.05, 0.1) is 18.2 Å². The summed E-state index contributed by atoms with van der Waals surface area (Å²) in [6, 6.07) is 5.61. The van der Waals surface area contributed by atoms with Gasteiger partial charge in [-0.3, -0.25) is 0 Å². The van der Waals surface area contributed by atoms with Gasteiger partial charge in [-0.05, 0) is 0 Å². The molecule has 0 spiro atoms. The first-order valence-electron chi connectivity index (χ1n) is 9.66. The van der Waals surface area contributed by atoms with E-state index in [2.05, 4.69) is 0 Å². The molecule has 0 saturated carbocycles. The number of hydrogen-bond donors (Lipinski definition) is 9. The zero-order valence-corrected chi connectivity index (χ0v) is 16.7. The maximum Gasteiger partial charge on any atom is 0.402 e. The van der Waals surface area contributed by atoms with Crippen molar-refractivity contribution in [2.24, 2.45) is 0 Å². The lowest BCUT2D eigenvalue weighted by molar-refractivity contribution is -0.277. The topological polar surface area (TPSA) is 212 Å². The van der Waals surface area contributed by atoms with Crippen LogP contribution in [0.5, 0.6) is 34.5 Å². The molecule has 0 amide bonds. The quantitative estimate of drug-likeness (QED) is 0.185. The molecular weight excluding hydrogens is 444 g/mol. The summed E-state index contributed by atoms with van der Waals surface area (Å²) in [6.07, 6.45) is -7.65. The first-order chi connectivity index (χ1) is 15.6. The second-order valence-electron chi connectivity index (χ2n) is 7.49. The van der Waals surface area contributed by atoms with Crippen LogP contribution in [0.2, 0.25) is 0 Å². The summed E-state index contributed by atoms with van der Waals surface area (Å²) in [5.41, 5.74) is -0.0311. The Hall–Kier alpha value is -3.55. The number of aliphatic hydroxyl groups excluding tert-OH is 4. The first kappa shape index (κ1) is 22.6. The van der Waals surface area contributed by atoms with Crippen LogP contribution >= 0.6 is 0 Å². The highest BCUT2D eigenvalue weighted by Crippen LogP contribution is 2.44. The van der Waals surface area contributed by atoms with Crippen LogP contribution in [0.3, 0.4) is 0 Å². The third kappa shape index (κ3) is 4.01. The van der Waals surface area contributed by atoms with E-state index in [1.54, 1.807) is 0 Å². The monoisotopic (exact) mass is 465 g/mol. The van der Waals surface area contributed by atoms with Crippen LogP contribution in [0.1, 0.15) is 0 Å². The molecule has 1 aliphatic rings. The number of hydrogen-bond acceptors (Lipinski definition) is 11. The standard InChI is InChI=1S/C21H20O12/c22-6-15-17(28)18(29)19(30)21(33-15)31-8-3-10(23)9-5-13(26)20(32-14(9)4-8)7-1-11(24)16(27)12(25)2-7/h1-5,15,17-19,21-22,28-30H,6H2,(H4-,23,24,25,26,27)/p+1. The molecule has 4 rings (SSSR count). The number of ether oxygens (including phenoxy) is 2. The second-order valence-corrected chi connectivity index (χ2v) is 7.49. The molecule has 5 atom stereocenters. The zero-order valence-electron chi connectivity index (χ0n) is 16.7. The van der Waals surface area contributed by atoms with E-state index >= 15 is 0 Å². The predicted molar refractivity (Wildman–Crippen MR) is 109 cm³/mol. The van der Waals surface area contributed by atoms with Crippen molar-refractivity contribution in [2.75, 3.05) is 6.61 Å². The highest BCUT2D eigenvalue weighted by molar-refractivity contribution is 5.88. The molecule has 5 unspecified atom stereocenters. The Kier molecular flexibility index (Phi) is 5.78. The van der Waals surface area contributed by atoms with Crippen molar-refractivity contribution in [1.29, 1.82) is 0 Å². The molecule has 33 heavy (non-hydrogen) atoms. The highest BCUT2D eigenvalue weighted by atomic mass is 16.7. The van der Waals surface area contributed by atoms with Crippen molar-refractivity contribution >= 4 is 11.0 Å². The summed E-state index contributed by atoms with van der Waals surface area (Å²) in [5, 5.41) is 88.9. The summed E-state index contributed by atoms with van der Waals surface area (Å²) in [5.74, 6) is -3.26. The van der Waals surface area contributed by atoms with E-state index in [-0.39, 0.29) is 28.0 Å². The maximum absolute atomic E-state index is 10.4. The first-order valence-corrected chi connectivity index (χ1v) is 9.66. The van der Waals surface area contributed by atoms with Gasteiger partial charge in [0.15, 0.2) is 17.2 Å². The molecule has 1 aliphatic heterocycles. The Morgan fingerprint density at radius 3 is 2.09 bits per heavy atom. The number of phenolic OH excluding ortho intramolecular Hbond substituents is 4. The van der Waals surface area contributed by atoms with E-state index < -0.39 is 66.1 Å². The number of aromatic hydroxyl groups is 5. The minimum atomic E-state index is -1.68. The zero-order chi connectivity index (χ0) is 24.0. The predicted octanol–water partition coefficient (Wildman–Crippen LogP) is 0.0876. The molecule has 12 nitrogen and oxygen atoms in total. The van der Waals surface area contributed by atoms with Crippen molar-refractivity contribution in [2.45, 2.75) is 30.7 Å². The Morgan fingerprint density at radius 1 is 0.788 bits per heavy atom. The van der Waals surface area contributed by atoms with Gasteiger partial charge in [0.2, 0.25) is 12.0 Å². The van der Waals surface area contributed by atoms with Crippen molar-refractivity contribution in [3.63, 3.8) is 0 Å². The summed E-state index contributed by atoms with van der Waals surface area (Å²) in [4.78, 5) is 0. The average Bonchev–Trinajstić information content (AvgIpc) is 2.77. The van der Waals surface area contributed by atoms with Crippen LogP contribution in [0.4, 0.5) is 0 Å². The van der Waals surface area contributed by atoms with E-state index in [1.807, 2.05) is 0 Å². The van der Waals surface area contributed by atoms with Gasteiger partial charge in [0.1, 0.15) is 41.3 Å². The molecule has 176 valence electrons. The fourth-order valence-corrected chi connectivity index (χ4v) is 3.49. The molecule has 1 fully saturated rings. The maximum atomic E-state index is 10.4. The summed E-state index contributed by atoms with van der Waals surface area (Å²) in [7, 11) is 0. The molecule has 1 saturated heterocycles. The van der Waals surface area contributed by atoms with E-state index in [1.165, 1.54) is 6.07 Å². The smallest absolute Gasteiger partial charge is 0.402 e. The van der Waals surface area contributed by atoms with Gasteiger partial charge in [0.25, 0.3) is 0 Å². The Labute approximate surface area is 185 Å². The van der Waals surface area contributed by atoms with Crippen LogP contribution in [0, 0.1) is 0 Å². The molecule has 0 radical (unpaired) electrons. The van der Waals surface area contributed by atoms with Gasteiger partial charge < -0.3 is 55.4 Å². The van der Waals surface area contributed by atoms with Crippen molar-refractivity contribution in [3.8, 4) is 45.8 Å². The molecule has 0 aliphatic carbocycles. The Balaban J connectivity index is 1.73. The molecule has 1 aromatic heterocycles. The third-order valence-electron chi connectivity index (χ3n) is 5.25. The lowest BCUT2D eigenvalue weighted by atomic mass is 9.99. The number of aliphatic hydroxyl groups is 4. The summed E-state index contributed by atoms with van der Waals surface area (Å²) in [6.45, 7) is -0.655. The van der Waals surface area contributed by atoms with Crippen LogP contribution in [-0.4, -0.2) is 83.3 Å². The average molecular weight is 465 g/mol.